The first-order valence-corrected chi connectivity index (χ1v) is 9.58. The molecule has 194 valence electrons. The summed E-state index contributed by atoms with van der Waals surface area (Å²) in [5.41, 5.74) is -11.7. The van der Waals surface area contributed by atoms with Crippen molar-refractivity contribution in [3.63, 3.8) is 0 Å². The summed E-state index contributed by atoms with van der Waals surface area (Å²) in [6.07, 6.45) is 0. The van der Waals surface area contributed by atoms with Gasteiger partial charge < -0.3 is 40.9 Å². The van der Waals surface area contributed by atoms with E-state index in [1.54, 1.807) is 0 Å². The number of carboxylic acids is 8. The van der Waals surface area contributed by atoms with Gasteiger partial charge in [-0.1, -0.05) is 0 Å². The van der Waals surface area contributed by atoms with Crippen LogP contribution in [0.2, 0.25) is 0 Å². The van der Waals surface area contributed by atoms with E-state index in [1.165, 1.54) is 0 Å². The fourth-order valence-corrected chi connectivity index (χ4v) is 4.22. The molecule has 0 saturated heterocycles. The Kier molecular flexibility index (Phi) is 6.19. The van der Waals surface area contributed by atoms with E-state index in [4.69, 9.17) is 0 Å². The number of carboxylic acid groups (broad SMARTS) is 8. The lowest BCUT2D eigenvalue weighted by atomic mass is 9.82. The third kappa shape index (κ3) is 3.73. The van der Waals surface area contributed by atoms with E-state index in [1.807, 2.05) is 0 Å². The highest BCUT2D eigenvalue weighted by atomic mass is 16.4. The lowest BCUT2D eigenvalue weighted by Gasteiger charge is -2.19. The summed E-state index contributed by atoms with van der Waals surface area (Å²) in [5.74, 6) is -17.5. The third-order valence-electron chi connectivity index (χ3n) is 5.42. The molecule has 0 bridgehead atoms. The monoisotopic (exact) mass is 530 g/mol. The quantitative estimate of drug-likeness (QED) is 0.192. The van der Waals surface area contributed by atoms with E-state index in [-0.39, 0.29) is 0 Å². The first-order chi connectivity index (χ1) is 17.5. The molecule has 0 fully saturated rings. The van der Waals surface area contributed by atoms with Crippen molar-refractivity contribution >= 4 is 69.3 Å². The van der Waals surface area contributed by atoms with Crippen LogP contribution < -0.4 is 0 Å². The Morgan fingerprint density at radius 2 is 0.737 bits per heavy atom. The van der Waals surface area contributed by atoms with Crippen molar-refractivity contribution in [3.05, 3.63) is 56.6 Å². The van der Waals surface area contributed by atoms with E-state index in [0.29, 0.717) is 12.1 Å². The van der Waals surface area contributed by atoms with Crippen LogP contribution >= 0.6 is 0 Å². The van der Waals surface area contributed by atoms with E-state index in [2.05, 4.69) is 0 Å². The normalized spacial score (nSPS) is 10.7. The summed E-state index contributed by atoms with van der Waals surface area (Å²) in [4.78, 5) is 96.2. The summed E-state index contributed by atoms with van der Waals surface area (Å²) in [6, 6.07) is 1.01. The number of hydrogen-bond donors (Lipinski definition) is 8. The molecule has 38 heavy (non-hydrogen) atoms. The minimum Gasteiger partial charge on any atom is -0.478 e. The Morgan fingerprint density at radius 1 is 0.368 bits per heavy atom. The number of fused-ring (bicyclic) bond motifs is 2. The largest absolute Gasteiger partial charge is 0.478 e. The second-order valence-electron chi connectivity index (χ2n) is 7.39. The molecule has 0 aliphatic carbocycles. The van der Waals surface area contributed by atoms with E-state index < -0.39 is 114 Å². The van der Waals surface area contributed by atoms with Gasteiger partial charge in [0.2, 0.25) is 0 Å². The number of benzene rings is 3. The van der Waals surface area contributed by atoms with Crippen LogP contribution in [0.15, 0.2) is 12.1 Å². The molecule has 0 aromatic heterocycles. The minimum absolute atomic E-state index is 0.469. The van der Waals surface area contributed by atoms with Gasteiger partial charge in [-0.2, -0.15) is 0 Å². The molecule has 16 heteroatoms. The topological polar surface area (TPSA) is 298 Å². The lowest BCUT2D eigenvalue weighted by Crippen LogP contribution is -2.22. The van der Waals surface area contributed by atoms with Gasteiger partial charge in [0.05, 0.1) is 44.5 Å². The van der Waals surface area contributed by atoms with Crippen molar-refractivity contribution < 1.29 is 79.2 Å². The molecule has 0 unspecified atom stereocenters. The molecular weight excluding hydrogens is 520 g/mol. The van der Waals surface area contributed by atoms with E-state index >= 15 is 0 Å². The summed E-state index contributed by atoms with van der Waals surface area (Å²) < 4.78 is 0. The van der Waals surface area contributed by atoms with Gasteiger partial charge in [-0.25, -0.2) is 38.4 Å². The third-order valence-corrected chi connectivity index (χ3v) is 5.42. The number of rotatable bonds is 8. The Bertz CT molecular complexity index is 1730. The molecule has 0 spiro atoms. The fraction of sp³-hybridized carbons (Fsp3) is 0. The van der Waals surface area contributed by atoms with Gasteiger partial charge in [0, 0.05) is 10.8 Å². The van der Waals surface area contributed by atoms with Gasteiger partial charge in [-0.3, -0.25) is 0 Å². The molecule has 3 aromatic rings. The molecule has 0 aliphatic rings. The molecule has 0 heterocycles. The Balaban J connectivity index is 3.04. The van der Waals surface area contributed by atoms with Crippen LogP contribution in [0.5, 0.6) is 0 Å². The van der Waals surface area contributed by atoms with Crippen LogP contribution in [-0.4, -0.2) is 88.6 Å². The summed E-state index contributed by atoms with van der Waals surface area (Å²) in [5, 5.41) is 73.3. The Hall–Kier alpha value is -6.06. The van der Waals surface area contributed by atoms with Crippen molar-refractivity contribution in [2.45, 2.75) is 0 Å². The zero-order valence-electron chi connectivity index (χ0n) is 18.0. The average Bonchev–Trinajstić information content (AvgIpc) is 2.78. The molecule has 3 aromatic carbocycles. The van der Waals surface area contributed by atoms with Crippen LogP contribution in [0.1, 0.15) is 82.9 Å². The summed E-state index contributed by atoms with van der Waals surface area (Å²) >= 11 is 0. The standard InChI is InChI=1S/C22H10O16/c23-15(24)5-2-3-1-4-7(10(18(29)30)6(3)11(19(31)32)9(5)17(27)28)12(20(33)34)14(22(37)38)13(21(35)36)8(4)16(25)26/h1-2H,(H,23,24)(H,25,26)(H,27,28)(H,29,30)(H,31,32)(H,33,34)(H,35,36)(H,37,38). The minimum atomic E-state index is -2.30. The predicted molar refractivity (Wildman–Crippen MR) is 117 cm³/mol. The van der Waals surface area contributed by atoms with Gasteiger partial charge in [-0.15, -0.1) is 0 Å². The number of aromatic carboxylic acids is 8. The molecule has 0 atom stereocenters. The highest BCUT2D eigenvalue weighted by Crippen LogP contribution is 2.40. The Labute approximate surface area is 205 Å². The fourth-order valence-electron chi connectivity index (χ4n) is 4.22. The first-order valence-electron chi connectivity index (χ1n) is 9.58. The molecule has 0 saturated carbocycles. The van der Waals surface area contributed by atoms with Gasteiger partial charge in [0.15, 0.2) is 0 Å². The molecule has 0 radical (unpaired) electrons. The van der Waals surface area contributed by atoms with Gasteiger partial charge in [0.25, 0.3) is 0 Å². The van der Waals surface area contributed by atoms with Crippen molar-refractivity contribution in [1.29, 1.82) is 0 Å². The van der Waals surface area contributed by atoms with Crippen LogP contribution in [0.25, 0.3) is 21.5 Å². The molecule has 16 nitrogen and oxygen atoms in total. The maximum atomic E-state index is 12.4. The zero-order chi connectivity index (χ0) is 29.0. The maximum Gasteiger partial charge on any atom is 0.337 e. The average molecular weight is 530 g/mol. The smallest absolute Gasteiger partial charge is 0.337 e. The zero-order valence-corrected chi connectivity index (χ0v) is 18.0. The van der Waals surface area contributed by atoms with E-state index in [0.717, 1.165) is 0 Å². The van der Waals surface area contributed by atoms with Crippen molar-refractivity contribution in [2.75, 3.05) is 0 Å². The van der Waals surface area contributed by atoms with Crippen molar-refractivity contribution in [3.8, 4) is 0 Å². The molecule has 0 amide bonds. The van der Waals surface area contributed by atoms with Gasteiger partial charge in [0.1, 0.15) is 0 Å². The van der Waals surface area contributed by atoms with Gasteiger partial charge in [-0.05, 0) is 22.9 Å². The summed E-state index contributed by atoms with van der Waals surface area (Å²) in [7, 11) is 0. The maximum absolute atomic E-state index is 12.4. The highest BCUT2D eigenvalue weighted by molar-refractivity contribution is 6.32. The van der Waals surface area contributed by atoms with Crippen LogP contribution in [0.3, 0.4) is 0 Å². The van der Waals surface area contributed by atoms with E-state index in [9.17, 15) is 79.2 Å². The van der Waals surface area contributed by atoms with Crippen LogP contribution in [0.4, 0.5) is 0 Å². The van der Waals surface area contributed by atoms with Crippen LogP contribution in [0, 0.1) is 0 Å². The molecule has 3 rings (SSSR count). The lowest BCUT2D eigenvalue weighted by molar-refractivity contribution is 0.0621. The Morgan fingerprint density at radius 3 is 1.11 bits per heavy atom. The second kappa shape index (κ2) is 8.86. The number of carbonyl (C=O) groups is 8. The first kappa shape index (κ1) is 26.5. The van der Waals surface area contributed by atoms with Gasteiger partial charge >= 0.3 is 47.8 Å². The predicted octanol–water partition coefficient (Wildman–Crippen LogP) is 1.58. The molecule has 8 N–H and O–H groups in total. The highest BCUT2D eigenvalue weighted by Gasteiger charge is 2.38. The second-order valence-corrected chi connectivity index (χ2v) is 7.39. The van der Waals surface area contributed by atoms with Crippen LogP contribution in [-0.2, 0) is 0 Å². The molecule has 0 aliphatic heterocycles. The summed E-state index contributed by atoms with van der Waals surface area (Å²) in [6.45, 7) is 0. The van der Waals surface area contributed by atoms with Crippen molar-refractivity contribution in [2.24, 2.45) is 0 Å². The number of hydrogen-bond acceptors (Lipinski definition) is 8. The molecular formula is C22H10O16. The van der Waals surface area contributed by atoms with Crippen molar-refractivity contribution in [1.82, 2.24) is 0 Å². The SMILES string of the molecule is O=C(O)c1cc2cc3c(C(=O)O)c(C(=O)O)c(C(=O)O)c(C(=O)O)c3c(C(=O)O)c2c(C(=O)O)c1C(=O)O.